The van der Waals surface area contributed by atoms with Gasteiger partial charge in [0.2, 0.25) is 5.95 Å². The predicted octanol–water partition coefficient (Wildman–Crippen LogP) is 2.32. The average molecular weight is 349 g/mol. The van der Waals surface area contributed by atoms with Crippen molar-refractivity contribution < 1.29 is 4.79 Å². The molecule has 7 heteroatoms. The van der Waals surface area contributed by atoms with E-state index in [0.29, 0.717) is 16.5 Å². The maximum atomic E-state index is 11.7. The van der Waals surface area contributed by atoms with Crippen molar-refractivity contribution in [3.63, 3.8) is 0 Å². The number of carbonyl (C=O) groups is 1. The lowest BCUT2D eigenvalue weighted by molar-refractivity contribution is 0.102. The summed E-state index contributed by atoms with van der Waals surface area (Å²) in [5.41, 5.74) is 0.474. The Kier molecular flexibility index (Phi) is 3.39. The summed E-state index contributed by atoms with van der Waals surface area (Å²) in [5, 5.41) is 9.26. The van der Waals surface area contributed by atoms with Crippen LogP contribution >= 0.6 is 34.2 Å². The third-order valence-corrected chi connectivity index (χ3v) is 3.40. The van der Waals surface area contributed by atoms with Gasteiger partial charge in [0.1, 0.15) is 6.33 Å². The molecule has 0 aliphatic rings. The Hall–Kier alpha value is -1.15. The summed E-state index contributed by atoms with van der Waals surface area (Å²) >= 11 is 8.01. The van der Waals surface area contributed by atoms with Crippen LogP contribution in [0.2, 0.25) is 5.02 Å². The molecule has 82 valence electrons. The second kappa shape index (κ2) is 4.79. The zero-order valence-corrected chi connectivity index (χ0v) is 10.8. The van der Waals surface area contributed by atoms with E-state index in [2.05, 4.69) is 43.1 Å². The Morgan fingerprint density at radius 2 is 2.31 bits per heavy atom. The number of carbonyl (C=O) groups excluding carboxylic acids is 1. The number of rotatable bonds is 2. The molecule has 2 N–H and O–H groups in total. The molecular formula is C9H6ClIN4O. The smallest absolute Gasteiger partial charge is 0.258 e. The minimum Gasteiger partial charge on any atom is -0.291 e. The van der Waals surface area contributed by atoms with Crippen LogP contribution in [0.15, 0.2) is 24.5 Å². The second-order valence-corrected chi connectivity index (χ2v) is 4.49. The van der Waals surface area contributed by atoms with Gasteiger partial charge in [0, 0.05) is 9.13 Å². The summed E-state index contributed by atoms with van der Waals surface area (Å²) < 4.78 is 0.899. The van der Waals surface area contributed by atoms with Crippen molar-refractivity contribution in [2.24, 2.45) is 0 Å². The minimum atomic E-state index is -0.282. The molecule has 1 heterocycles. The number of benzene rings is 1. The topological polar surface area (TPSA) is 70.7 Å². The summed E-state index contributed by atoms with van der Waals surface area (Å²) in [6, 6.07) is 5.08. The molecule has 0 atom stereocenters. The fourth-order valence-electron chi connectivity index (χ4n) is 1.08. The predicted molar refractivity (Wildman–Crippen MR) is 68.5 cm³/mol. The first-order valence-electron chi connectivity index (χ1n) is 4.28. The van der Waals surface area contributed by atoms with Crippen LogP contribution in [0.25, 0.3) is 0 Å². The van der Waals surface area contributed by atoms with Crippen molar-refractivity contribution in [1.82, 2.24) is 15.2 Å². The molecule has 1 aromatic heterocycles. The molecule has 0 bridgehead atoms. The molecule has 2 aromatic rings. The van der Waals surface area contributed by atoms with Crippen LogP contribution in [0.5, 0.6) is 0 Å². The molecule has 0 fully saturated rings. The Balaban J connectivity index is 2.18. The maximum absolute atomic E-state index is 11.7. The van der Waals surface area contributed by atoms with E-state index in [1.165, 1.54) is 6.33 Å². The summed E-state index contributed by atoms with van der Waals surface area (Å²) in [6.07, 6.45) is 1.32. The highest BCUT2D eigenvalue weighted by Crippen LogP contribution is 2.19. The van der Waals surface area contributed by atoms with Crippen LogP contribution < -0.4 is 5.32 Å². The average Bonchev–Trinajstić information content (AvgIpc) is 2.74. The molecule has 5 nitrogen and oxygen atoms in total. The first-order chi connectivity index (χ1) is 7.66. The van der Waals surface area contributed by atoms with Gasteiger partial charge in [0.15, 0.2) is 0 Å². The molecule has 0 saturated heterocycles. The van der Waals surface area contributed by atoms with E-state index in [4.69, 9.17) is 11.6 Å². The SMILES string of the molecule is O=C(Nc1ncn[nH]1)c1ccc(I)c(Cl)c1. The van der Waals surface area contributed by atoms with Gasteiger partial charge in [0.05, 0.1) is 5.02 Å². The van der Waals surface area contributed by atoms with E-state index >= 15 is 0 Å². The van der Waals surface area contributed by atoms with Crippen molar-refractivity contribution in [3.05, 3.63) is 38.7 Å². The van der Waals surface area contributed by atoms with Gasteiger partial charge in [-0.2, -0.15) is 10.1 Å². The van der Waals surface area contributed by atoms with Crippen LogP contribution in [0, 0.1) is 3.57 Å². The normalized spacial score (nSPS) is 10.1. The Morgan fingerprint density at radius 1 is 1.50 bits per heavy atom. The van der Waals surface area contributed by atoms with Crippen molar-refractivity contribution in [2.45, 2.75) is 0 Å². The summed E-state index contributed by atoms with van der Waals surface area (Å²) in [6.45, 7) is 0. The number of hydrogen-bond acceptors (Lipinski definition) is 3. The fraction of sp³-hybridized carbons (Fsp3) is 0. The largest absolute Gasteiger partial charge is 0.291 e. The molecule has 16 heavy (non-hydrogen) atoms. The number of hydrogen-bond donors (Lipinski definition) is 2. The Labute approximate surface area is 110 Å². The number of aromatic nitrogens is 3. The quantitative estimate of drug-likeness (QED) is 0.818. The highest BCUT2D eigenvalue weighted by Gasteiger charge is 2.09. The highest BCUT2D eigenvalue weighted by molar-refractivity contribution is 14.1. The standard InChI is InChI=1S/C9H6ClIN4O/c10-6-3-5(1-2-7(6)11)8(16)14-9-12-4-13-15-9/h1-4H,(H2,12,13,14,15,16). The molecule has 2 rings (SSSR count). The molecule has 0 unspecified atom stereocenters. The Morgan fingerprint density at radius 3 is 2.94 bits per heavy atom. The summed E-state index contributed by atoms with van der Waals surface area (Å²) in [4.78, 5) is 15.5. The van der Waals surface area contributed by atoms with Crippen LogP contribution in [-0.2, 0) is 0 Å². The van der Waals surface area contributed by atoms with Gasteiger partial charge in [0.25, 0.3) is 5.91 Å². The van der Waals surface area contributed by atoms with Gasteiger partial charge in [-0.15, -0.1) is 0 Å². The first-order valence-corrected chi connectivity index (χ1v) is 5.74. The summed E-state index contributed by atoms with van der Waals surface area (Å²) in [7, 11) is 0. The zero-order chi connectivity index (χ0) is 11.5. The van der Waals surface area contributed by atoms with E-state index in [0.717, 1.165) is 3.57 Å². The number of aromatic amines is 1. The second-order valence-electron chi connectivity index (χ2n) is 2.92. The van der Waals surface area contributed by atoms with Gasteiger partial charge in [-0.3, -0.25) is 10.1 Å². The van der Waals surface area contributed by atoms with Gasteiger partial charge in [-0.05, 0) is 40.8 Å². The molecule has 0 aliphatic carbocycles. The lowest BCUT2D eigenvalue weighted by Gasteiger charge is -2.02. The van der Waals surface area contributed by atoms with Crippen molar-refractivity contribution in [1.29, 1.82) is 0 Å². The molecule has 0 spiro atoms. The lowest BCUT2D eigenvalue weighted by atomic mass is 10.2. The van der Waals surface area contributed by atoms with E-state index < -0.39 is 0 Å². The van der Waals surface area contributed by atoms with Crippen LogP contribution in [0.4, 0.5) is 5.95 Å². The minimum absolute atomic E-state index is 0.282. The number of amides is 1. The molecule has 1 aromatic carbocycles. The number of H-pyrrole nitrogens is 1. The fourth-order valence-corrected chi connectivity index (χ4v) is 1.60. The van der Waals surface area contributed by atoms with Gasteiger partial charge < -0.3 is 0 Å². The molecular weight excluding hydrogens is 342 g/mol. The van der Waals surface area contributed by atoms with Gasteiger partial charge in [-0.25, -0.2) is 5.10 Å². The summed E-state index contributed by atoms with van der Waals surface area (Å²) in [5.74, 6) is 0.0229. The van der Waals surface area contributed by atoms with E-state index in [1.54, 1.807) is 18.2 Å². The third-order valence-electron chi connectivity index (χ3n) is 1.83. The monoisotopic (exact) mass is 348 g/mol. The molecule has 0 saturated carbocycles. The van der Waals surface area contributed by atoms with Crippen LogP contribution in [-0.4, -0.2) is 21.1 Å². The molecule has 0 radical (unpaired) electrons. The maximum Gasteiger partial charge on any atom is 0.258 e. The third kappa shape index (κ3) is 2.50. The zero-order valence-electron chi connectivity index (χ0n) is 7.87. The van der Waals surface area contributed by atoms with Crippen molar-refractivity contribution in [3.8, 4) is 0 Å². The number of anilines is 1. The highest BCUT2D eigenvalue weighted by atomic mass is 127. The van der Waals surface area contributed by atoms with E-state index in [1.807, 2.05) is 0 Å². The van der Waals surface area contributed by atoms with Crippen molar-refractivity contribution in [2.75, 3.05) is 5.32 Å². The lowest BCUT2D eigenvalue weighted by Crippen LogP contribution is -2.13. The molecule has 1 amide bonds. The number of nitrogens with one attached hydrogen (secondary N) is 2. The number of halogens is 2. The van der Waals surface area contributed by atoms with Crippen molar-refractivity contribution >= 4 is 46.0 Å². The van der Waals surface area contributed by atoms with Crippen LogP contribution in [0.1, 0.15) is 10.4 Å². The van der Waals surface area contributed by atoms with Crippen LogP contribution in [0.3, 0.4) is 0 Å². The molecule has 0 aliphatic heterocycles. The first kappa shape index (κ1) is 11.3. The van der Waals surface area contributed by atoms with E-state index in [-0.39, 0.29) is 5.91 Å². The van der Waals surface area contributed by atoms with Gasteiger partial charge >= 0.3 is 0 Å². The van der Waals surface area contributed by atoms with E-state index in [9.17, 15) is 4.79 Å². The Bertz CT molecular complexity index is 514. The van der Waals surface area contributed by atoms with Gasteiger partial charge in [-0.1, -0.05) is 11.6 Å². The number of nitrogens with zero attached hydrogens (tertiary/aromatic N) is 2.